The number of benzene rings is 7. The summed E-state index contributed by atoms with van der Waals surface area (Å²) in [6, 6.07) is 62.6. The summed E-state index contributed by atoms with van der Waals surface area (Å²) in [4.78, 5) is 4.55. The molecule has 4 nitrogen and oxygen atoms in total. The molecule has 0 aliphatic carbocycles. The SMILES string of the molecule is C=Cc1ccc(OCc2cccc(N(c3ccccc3)c3ccc(N(c4ccccc4)c4cccc(COc5ccc(C=C)cc5)c4)cc3)c2)cc1. The Kier molecular flexibility index (Phi) is 10.6. The van der Waals surface area contributed by atoms with E-state index in [0.29, 0.717) is 13.2 Å². The normalized spacial score (nSPS) is 10.6. The fourth-order valence-corrected chi connectivity index (χ4v) is 6.10. The first kappa shape index (κ1) is 33.7. The molecule has 0 heterocycles. The van der Waals surface area contributed by atoms with Gasteiger partial charge in [0, 0.05) is 34.1 Å². The topological polar surface area (TPSA) is 24.9 Å². The summed E-state index contributed by atoms with van der Waals surface area (Å²) >= 11 is 0. The fourth-order valence-electron chi connectivity index (χ4n) is 6.10. The Bertz CT molecular complexity index is 2050. The summed E-state index contributed by atoms with van der Waals surface area (Å²) in [5, 5.41) is 0. The molecular weight excluding hydrogens is 637 g/mol. The van der Waals surface area contributed by atoms with Crippen molar-refractivity contribution in [1.82, 2.24) is 0 Å². The first-order chi connectivity index (χ1) is 25.7. The van der Waals surface area contributed by atoms with Gasteiger partial charge < -0.3 is 19.3 Å². The molecule has 0 spiro atoms. The largest absolute Gasteiger partial charge is 0.489 e. The van der Waals surface area contributed by atoms with Crippen molar-refractivity contribution in [2.75, 3.05) is 9.80 Å². The van der Waals surface area contributed by atoms with Gasteiger partial charge in [0.05, 0.1) is 0 Å². The molecule has 0 fully saturated rings. The predicted octanol–water partition coefficient (Wildman–Crippen LogP) is 13.1. The Morgan fingerprint density at radius 1 is 0.365 bits per heavy atom. The van der Waals surface area contributed by atoms with Gasteiger partial charge in [-0.3, -0.25) is 0 Å². The van der Waals surface area contributed by atoms with Gasteiger partial charge in [-0.25, -0.2) is 0 Å². The van der Waals surface area contributed by atoms with E-state index in [-0.39, 0.29) is 0 Å². The molecule has 0 aliphatic heterocycles. The van der Waals surface area contributed by atoms with Crippen molar-refractivity contribution >= 4 is 46.3 Å². The summed E-state index contributed by atoms with van der Waals surface area (Å²) in [6.07, 6.45) is 3.66. The minimum absolute atomic E-state index is 0.459. The monoisotopic (exact) mass is 676 g/mol. The van der Waals surface area contributed by atoms with E-state index in [4.69, 9.17) is 9.47 Å². The molecule has 0 bridgehead atoms. The summed E-state index contributed by atoms with van der Waals surface area (Å²) < 4.78 is 12.3. The highest BCUT2D eigenvalue weighted by molar-refractivity contribution is 5.81. The van der Waals surface area contributed by atoms with E-state index in [0.717, 1.165) is 67.9 Å². The molecule has 7 aromatic carbocycles. The molecule has 7 rings (SSSR count). The van der Waals surface area contributed by atoms with Gasteiger partial charge in [-0.2, -0.15) is 0 Å². The van der Waals surface area contributed by atoms with Gasteiger partial charge in [0.1, 0.15) is 24.7 Å². The first-order valence-electron chi connectivity index (χ1n) is 17.4. The number of nitrogens with zero attached hydrogens (tertiary/aromatic N) is 2. The lowest BCUT2D eigenvalue weighted by atomic mass is 10.1. The maximum Gasteiger partial charge on any atom is 0.119 e. The van der Waals surface area contributed by atoms with Crippen LogP contribution in [0.3, 0.4) is 0 Å². The average molecular weight is 677 g/mol. The Balaban J connectivity index is 1.17. The van der Waals surface area contributed by atoms with E-state index < -0.39 is 0 Å². The Morgan fingerprint density at radius 3 is 1.08 bits per heavy atom. The van der Waals surface area contributed by atoms with Gasteiger partial charge in [0.25, 0.3) is 0 Å². The number of rotatable bonds is 14. The number of hydrogen-bond acceptors (Lipinski definition) is 4. The van der Waals surface area contributed by atoms with Crippen LogP contribution in [0.4, 0.5) is 34.1 Å². The van der Waals surface area contributed by atoms with Crippen LogP contribution in [0, 0.1) is 0 Å². The van der Waals surface area contributed by atoms with Crippen molar-refractivity contribution in [3.8, 4) is 11.5 Å². The van der Waals surface area contributed by atoms with Crippen LogP contribution in [0.2, 0.25) is 0 Å². The highest BCUT2D eigenvalue weighted by atomic mass is 16.5. The zero-order valence-electron chi connectivity index (χ0n) is 29.0. The van der Waals surface area contributed by atoms with Gasteiger partial charge in [-0.1, -0.05) is 110 Å². The maximum absolute atomic E-state index is 6.15. The standard InChI is InChI=1S/C48H40N2O2/c1-3-37-21-29-47(30-22-37)51-35-39-13-11-19-45(33-39)49(41-15-7-5-8-16-41)43-25-27-44(28-26-43)50(42-17-9-6-10-18-42)46-20-12-14-40(34-46)36-52-48-31-23-38(4-2)24-32-48/h3-34H,1-2,35-36H2. The third-order valence-corrected chi connectivity index (χ3v) is 8.78. The van der Waals surface area contributed by atoms with E-state index in [1.165, 1.54) is 0 Å². The Labute approximate surface area is 306 Å². The average Bonchev–Trinajstić information content (AvgIpc) is 3.21. The molecule has 254 valence electrons. The molecule has 0 aromatic heterocycles. The van der Waals surface area contributed by atoms with Crippen LogP contribution in [-0.4, -0.2) is 0 Å². The third-order valence-electron chi connectivity index (χ3n) is 8.78. The number of para-hydroxylation sites is 2. The predicted molar refractivity (Wildman–Crippen MR) is 218 cm³/mol. The lowest BCUT2D eigenvalue weighted by Gasteiger charge is -2.28. The van der Waals surface area contributed by atoms with Crippen molar-refractivity contribution < 1.29 is 9.47 Å². The van der Waals surface area contributed by atoms with E-state index in [2.05, 4.69) is 144 Å². The van der Waals surface area contributed by atoms with Crippen LogP contribution >= 0.6 is 0 Å². The van der Waals surface area contributed by atoms with Crippen LogP contribution in [0.15, 0.2) is 195 Å². The highest BCUT2D eigenvalue weighted by Crippen LogP contribution is 2.39. The molecule has 0 saturated carbocycles. The fraction of sp³-hybridized carbons (Fsp3) is 0.0417. The Morgan fingerprint density at radius 2 is 0.712 bits per heavy atom. The molecule has 0 amide bonds. The van der Waals surface area contributed by atoms with E-state index in [1.807, 2.05) is 72.8 Å². The smallest absolute Gasteiger partial charge is 0.119 e. The molecule has 0 atom stereocenters. The van der Waals surface area contributed by atoms with Crippen molar-refractivity contribution in [1.29, 1.82) is 0 Å². The van der Waals surface area contributed by atoms with Gasteiger partial charge in [-0.05, 0) is 119 Å². The zero-order chi connectivity index (χ0) is 35.5. The van der Waals surface area contributed by atoms with Gasteiger partial charge in [-0.15, -0.1) is 0 Å². The lowest BCUT2D eigenvalue weighted by Crippen LogP contribution is -2.12. The second-order valence-corrected chi connectivity index (χ2v) is 12.3. The van der Waals surface area contributed by atoms with Crippen LogP contribution in [0.1, 0.15) is 22.3 Å². The van der Waals surface area contributed by atoms with E-state index in [9.17, 15) is 0 Å². The van der Waals surface area contributed by atoms with Crippen LogP contribution < -0.4 is 19.3 Å². The molecule has 0 radical (unpaired) electrons. The van der Waals surface area contributed by atoms with Gasteiger partial charge >= 0.3 is 0 Å². The second-order valence-electron chi connectivity index (χ2n) is 12.3. The van der Waals surface area contributed by atoms with Crippen molar-refractivity contribution in [3.63, 3.8) is 0 Å². The molecule has 52 heavy (non-hydrogen) atoms. The molecular formula is C48H40N2O2. The highest BCUT2D eigenvalue weighted by Gasteiger charge is 2.17. The van der Waals surface area contributed by atoms with Crippen molar-refractivity contribution in [3.05, 3.63) is 217 Å². The number of hydrogen-bond donors (Lipinski definition) is 0. The second kappa shape index (κ2) is 16.3. The number of anilines is 6. The Hall–Kier alpha value is -6.78. The molecule has 0 saturated heterocycles. The quantitative estimate of drug-likeness (QED) is 0.114. The summed E-state index contributed by atoms with van der Waals surface area (Å²) in [5.41, 5.74) is 10.6. The minimum Gasteiger partial charge on any atom is -0.489 e. The number of ether oxygens (including phenoxy) is 2. The molecule has 0 aliphatic rings. The summed E-state index contributed by atoms with van der Waals surface area (Å²) in [6.45, 7) is 8.60. The lowest BCUT2D eigenvalue weighted by molar-refractivity contribution is 0.306. The van der Waals surface area contributed by atoms with Crippen molar-refractivity contribution in [2.45, 2.75) is 13.2 Å². The summed E-state index contributed by atoms with van der Waals surface area (Å²) in [7, 11) is 0. The van der Waals surface area contributed by atoms with Gasteiger partial charge in [0.15, 0.2) is 0 Å². The van der Waals surface area contributed by atoms with Crippen molar-refractivity contribution in [2.24, 2.45) is 0 Å². The summed E-state index contributed by atoms with van der Waals surface area (Å²) in [5.74, 6) is 1.65. The van der Waals surface area contributed by atoms with Crippen LogP contribution in [-0.2, 0) is 13.2 Å². The molecule has 7 aromatic rings. The zero-order valence-corrected chi connectivity index (χ0v) is 29.0. The minimum atomic E-state index is 0.459. The van der Waals surface area contributed by atoms with E-state index >= 15 is 0 Å². The maximum atomic E-state index is 6.15. The van der Waals surface area contributed by atoms with Gasteiger partial charge in [0.2, 0.25) is 0 Å². The van der Waals surface area contributed by atoms with Crippen LogP contribution in [0.25, 0.3) is 12.2 Å². The first-order valence-corrected chi connectivity index (χ1v) is 17.4. The van der Waals surface area contributed by atoms with Crippen LogP contribution in [0.5, 0.6) is 11.5 Å². The molecule has 4 heteroatoms. The molecule has 0 unspecified atom stereocenters. The third kappa shape index (κ3) is 8.15. The molecule has 0 N–H and O–H groups in total. The van der Waals surface area contributed by atoms with E-state index in [1.54, 1.807) is 0 Å².